The van der Waals surface area contributed by atoms with Crippen LogP contribution in [0.2, 0.25) is 5.02 Å². The standard InChI is InChI=1S/C15H22ClN5/c1-5-13-19-14(6-2)21(20-13)15-12(16)7-11(9-18-15)8-17-10(3)4/h7,9-10,17H,5-6,8H2,1-4H3. The van der Waals surface area contributed by atoms with Crippen molar-refractivity contribution in [2.24, 2.45) is 0 Å². The largest absolute Gasteiger partial charge is 0.310 e. The predicted molar refractivity (Wildman–Crippen MR) is 84.9 cm³/mol. The first kappa shape index (κ1) is 15.9. The van der Waals surface area contributed by atoms with Gasteiger partial charge in [0.1, 0.15) is 5.82 Å². The number of aryl methyl sites for hydroxylation is 2. The van der Waals surface area contributed by atoms with E-state index >= 15 is 0 Å². The molecule has 0 aliphatic heterocycles. The highest BCUT2D eigenvalue weighted by molar-refractivity contribution is 6.32. The number of rotatable bonds is 6. The SMILES string of the molecule is CCc1nc(CC)n(-c2ncc(CNC(C)C)cc2Cl)n1. The van der Waals surface area contributed by atoms with E-state index < -0.39 is 0 Å². The Morgan fingerprint density at radius 1 is 1.29 bits per heavy atom. The summed E-state index contributed by atoms with van der Waals surface area (Å²) in [4.78, 5) is 8.96. The van der Waals surface area contributed by atoms with Gasteiger partial charge in [-0.15, -0.1) is 5.10 Å². The van der Waals surface area contributed by atoms with Crippen LogP contribution in [0, 0.1) is 0 Å². The molecule has 0 bridgehead atoms. The fourth-order valence-electron chi connectivity index (χ4n) is 1.98. The monoisotopic (exact) mass is 307 g/mol. The third-order valence-corrected chi connectivity index (χ3v) is 3.42. The highest BCUT2D eigenvalue weighted by Gasteiger charge is 2.13. The number of hydrogen-bond donors (Lipinski definition) is 1. The van der Waals surface area contributed by atoms with Crippen molar-refractivity contribution in [1.82, 2.24) is 25.1 Å². The van der Waals surface area contributed by atoms with Crippen LogP contribution in [0.15, 0.2) is 12.3 Å². The van der Waals surface area contributed by atoms with Gasteiger partial charge in [0, 0.05) is 31.6 Å². The number of pyridine rings is 1. The van der Waals surface area contributed by atoms with Gasteiger partial charge in [0.05, 0.1) is 5.02 Å². The molecule has 2 aromatic rings. The smallest absolute Gasteiger partial charge is 0.174 e. The maximum atomic E-state index is 6.38. The highest BCUT2D eigenvalue weighted by atomic mass is 35.5. The van der Waals surface area contributed by atoms with Crippen molar-refractivity contribution < 1.29 is 0 Å². The molecule has 2 aromatic heterocycles. The first-order valence-corrected chi connectivity index (χ1v) is 7.75. The second kappa shape index (κ2) is 7.00. The fraction of sp³-hybridized carbons (Fsp3) is 0.533. The van der Waals surface area contributed by atoms with Crippen LogP contribution >= 0.6 is 11.6 Å². The summed E-state index contributed by atoms with van der Waals surface area (Å²) >= 11 is 6.38. The Labute approximate surface area is 130 Å². The van der Waals surface area contributed by atoms with E-state index in [0.717, 1.165) is 36.6 Å². The molecule has 0 fully saturated rings. The van der Waals surface area contributed by atoms with Gasteiger partial charge in [0.2, 0.25) is 0 Å². The lowest BCUT2D eigenvalue weighted by molar-refractivity contribution is 0.587. The van der Waals surface area contributed by atoms with Crippen LogP contribution in [0.4, 0.5) is 0 Å². The third-order valence-electron chi connectivity index (χ3n) is 3.14. The molecule has 0 aliphatic rings. The first-order valence-electron chi connectivity index (χ1n) is 7.38. The summed E-state index contributed by atoms with van der Waals surface area (Å²) in [5, 5.41) is 8.43. The molecule has 0 aliphatic carbocycles. The minimum Gasteiger partial charge on any atom is -0.310 e. The van der Waals surface area contributed by atoms with Crippen molar-refractivity contribution in [2.75, 3.05) is 0 Å². The van der Waals surface area contributed by atoms with Crippen molar-refractivity contribution in [1.29, 1.82) is 0 Å². The van der Waals surface area contributed by atoms with Gasteiger partial charge in [0.15, 0.2) is 11.6 Å². The Hall–Kier alpha value is -1.46. The molecule has 114 valence electrons. The molecule has 0 saturated heterocycles. The van der Waals surface area contributed by atoms with E-state index in [1.165, 1.54) is 0 Å². The van der Waals surface area contributed by atoms with Crippen molar-refractivity contribution in [2.45, 2.75) is 53.1 Å². The first-order chi connectivity index (χ1) is 10.0. The summed E-state index contributed by atoms with van der Waals surface area (Å²) < 4.78 is 1.75. The maximum Gasteiger partial charge on any atom is 0.174 e. The average molecular weight is 308 g/mol. The fourth-order valence-corrected chi connectivity index (χ4v) is 2.25. The topological polar surface area (TPSA) is 55.6 Å². The van der Waals surface area contributed by atoms with E-state index in [0.29, 0.717) is 16.9 Å². The lowest BCUT2D eigenvalue weighted by Gasteiger charge is -2.10. The van der Waals surface area contributed by atoms with E-state index in [1.54, 1.807) is 4.68 Å². The van der Waals surface area contributed by atoms with E-state index in [-0.39, 0.29) is 0 Å². The van der Waals surface area contributed by atoms with Crippen LogP contribution in [0.5, 0.6) is 0 Å². The van der Waals surface area contributed by atoms with Gasteiger partial charge in [-0.25, -0.2) is 9.97 Å². The normalized spacial score (nSPS) is 11.3. The third kappa shape index (κ3) is 3.80. The van der Waals surface area contributed by atoms with Gasteiger partial charge < -0.3 is 5.32 Å². The number of halogens is 1. The van der Waals surface area contributed by atoms with Gasteiger partial charge >= 0.3 is 0 Å². The zero-order chi connectivity index (χ0) is 15.4. The molecular weight excluding hydrogens is 286 g/mol. The van der Waals surface area contributed by atoms with Crippen LogP contribution in [-0.4, -0.2) is 25.8 Å². The minimum absolute atomic E-state index is 0.428. The van der Waals surface area contributed by atoms with Crippen LogP contribution in [0.1, 0.15) is 44.9 Å². The quantitative estimate of drug-likeness (QED) is 0.891. The summed E-state index contributed by atoms with van der Waals surface area (Å²) in [5.41, 5.74) is 1.06. The predicted octanol–water partition coefficient (Wildman–Crippen LogP) is 2.94. The molecule has 0 atom stereocenters. The van der Waals surface area contributed by atoms with Crippen molar-refractivity contribution in [3.8, 4) is 5.82 Å². The summed E-state index contributed by atoms with van der Waals surface area (Å²) in [6.07, 6.45) is 3.43. The van der Waals surface area contributed by atoms with Gasteiger partial charge in [-0.3, -0.25) is 0 Å². The van der Waals surface area contributed by atoms with Crippen LogP contribution < -0.4 is 5.32 Å². The zero-order valence-corrected chi connectivity index (χ0v) is 13.8. The Morgan fingerprint density at radius 2 is 2.05 bits per heavy atom. The lowest BCUT2D eigenvalue weighted by atomic mass is 10.2. The molecule has 0 aromatic carbocycles. The molecule has 1 N–H and O–H groups in total. The molecule has 2 heterocycles. The Balaban J connectivity index is 2.30. The zero-order valence-electron chi connectivity index (χ0n) is 13.0. The van der Waals surface area contributed by atoms with Gasteiger partial charge in [-0.2, -0.15) is 4.68 Å². The van der Waals surface area contributed by atoms with Crippen molar-refractivity contribution in [3.63, 3.8) is 0 Å². The summed E-state index contributed by atoms with van der Waals surface area (Å²) in [6.45, 7) is 9.06. The molecule has 5 nitrogen and oxygen atoms in total. The van der Waals surface area contributed by atoms with E-state index in [2.05, 4.69) is 41.2 Å². The molecule has 0 radical (unpaired) electrons. The Morgan fingerprint density at radius 3 is 2.62 bits per heavy atom. The number of aromatic nitrogens is 4. The highest BCUT2D eigenvalue weighted by Crippen LogP contribution is 2.20. The van der Waals surface area contributed by atoms with Gasteiger partial charge in [-0.1, -0.05) is 39.3 Å². The summed E-state index contributed by atoms with van der Waals surface area (Å²) in [5.74, 6) is 2.35. The molecule has 0 saturated carbocycles. The molecular formula is C15H22ClN5. The minimum atomic E-state index is 0.428. The van der Waals surface area contributed by atoms with Gasteiger partial charge in [0.25, 0.3) is 0 Å². The van der Waals surface area contributed by atoms with E-state index in [9.17, 15) is 0 Å². The molecule has 0 spiro atoms. The van der Waals surface area contributed by atoms with Crippen LogP contribution in [0.25, 0.3) is 5.82 Å². The number of nitrogens with one attached hydrogen (secondary N) is 1. The summed E-state index contributed by atoms with van der Waals surface area (Å²) in [6, 6.07) is 2.36. The summed E-state index contributed by atoms with van der Waals surface area (Å²) in [7, 11) is 0. The second-order valence-corrected chi connectivity index (χ2v) is 5.65. The van der Waals surface area contributed by atoms with E-state index in [4.69, 9.17) is 11.6 Å². The molecule has 21 heavy (non-hydrogen) atoms. The second-order valence-electron chi connectivity index (χ2n) is 5.25. The number of nitrogens with zero attached hydrogens (tertiary/aromatic N) is 4. The molecule has 0 amide bonds. The van der Waals surface area contributed by atoms with Crippen molar-refractivity contribution >= 4 is 11.6 Å². The molecule has 0 unspecified atom stereocenters. The maximum absolute atomic E-state index is 6.38. The van der Waals surface area contributed by atoms with Crippen LogP contribution in [0.3, 0.4) is 0 Å². The van der Waals surface area contributed by atoms with Gasteiger partial charge in [-0.05, 0) is 11.6 Å². The Bertz CT molecular complexity index is 606. The molecule has 2 rings (SSSR count). The Kier molecular flexibility index (Phi) is 5.31. The van der Waals surface area contributed by atoms with E-state index in [1.807, 2.05) is 19.2 Å². The number of hydrogen-bond acceptors (Lipinski definition) is 4. The van der Waals surface area contributed by atoms with Crippen molar-refractivity contribution in [3.05, 3.63) is 34.5 Å². The van der Waals surface area contributed by atoms with Crippen LogP contribution in [-0.2, 0) is 19.4 Å². The molecule has 6 heteroatoms. The average Bonchev–Trinajstić information content (AvgIpc) is 2.88. The lowest BCUT2D eigenvalue weighted by Crippen LogP contribution is -2.22.